The standard InChI is InChI=1S/C24H23F2NO4/c1-29-21-12-9-17(15-22(21)31-24(25)26)13-14-27-23(28)19-10-7-18(8-11-19)16-30-20-5-3-2-4-6-20/h2-12,15,24H,13-14,16H2,1H3,(H,27,28). The highest BCUT2D eigenvalue weighted by Crippen LogP contribution is 2.29. The van der Waals surface area contributed by atoms with Crippen LogP contribution in [0.5, 0.6) is 17.2 Å². The van der Waals surface area contributed by atoms with Gasteiger partial charge < -0.3 is 19.5 Å². The summed E-state index contributed by atoms with van der Waals surface area (Å²) in [5.74, 6) is 0.761. The Hall–Kier alpha value is -3.61. The molecule has 0 aliphatic rings. The van der Waals surface area contributed by atoms with Crippen LogP contribution in [0.1, 0.15) is 21.5 Å². The molecular weight excluding hydrogens is 404 g/mol. The van der Waals surface area contributed by atoms with E-state index in [9.17, 15) is 13.6 Å². The van der Waals surface area contributed by atoms with Gasteiger partial charge in [0.05, 0.1) is 7.11 Å². The van der Waals surface area contributed by atoms with Crippen LogP contribution in [0.15, 0.2) is 72.8 Å². The maximum Gasteiger partial charge on any atom is 0.387 e. The van der Waals surface area contributed by atoms with Crippen molar-refractivity contribution in [1.82, 2.24) is 5.32 Å². The minimum Gasteiger partial charge on any atom is -0.493 e. The molecule has 0 aromatic heterocycles. The minimum absolute atomic E-state index is 0.0327. The van der Waals surface area contributed by atoms with Crippen molar-refractivity contribution in [2.45, 2.75) is 19.6 Å². The third kappa shape index (κ3) is 6.70. The molecule has 5 nitrogen and oxygen atoms in total. The summed E-state index contributed by atoms with van der Waals surface area (Å²) in [5, 5.41) is 2.82. The Morgan fingerprint density at radius 3 is 2.32 bits per heavy atom. The molecule has 0 heterocycles. The minimum atomic E-state index is -2.94. The molecule has 3 aromatic carbocycles. The first-order valence-electron chi connectivity index (χ1n) is 9.72. The van der Waals surface area contributed by atoms with Gasteiger partial charge in [-0.1, -0.05) is 36.4 Å². The first-order valence-corrected chi connectivity index (χ1v) is 9.72. The van der Waals surface area contributed by atoms with Gasteiger partial charge >= 0.3 is 6.61 Å². The van der Waals surface area contributed by atoms with E-state index in [1.54, 1.807) is 24.3 Å². The van der Waals surface area contributed by atoms with Crippen molar-refractivity contribution >= 4 is 5.91 Å². The summed E-state index contributed by atoms with van der Waals surface area (Å²) < 4.78 is 40.3. The van der Waals surface area contributed by atoms with Crippen LogP contribution in [0.25, 0.3) is 0 Å². The fraction of sp³-hybridized carbons (Fsp3) is 0.208. The van der Waals surface area contributed by atoms with Crippen molar-refractivity contribution < 1.29 is 27.8 Å². The molecule has 0 aliphatic carbocycles. The number of carbonyl (C=O) groups excluding carboxylic acids is 1. The second-order valence-corrected chi connectivity index (χ2v) is 6.67. The first-order chi connectivity index (χ1) is 15.0. The van der Waals surface area contributed by atoms with E-state index in [1.807, 2.05) is 42.5 Å². The Kier molecular flexibility index (Phi) is 7.81. The van der Waals surface area contributed by atoms with Crippen molar-refractivity contribution in [2.75, 3.05) is 13.7 Å². The molecule has 0 aliphatic heterocycles. The number of benzene rings is 3. The molecule has 3 aromatic rings. The summed E-state index contributed by atoms with van der Waals surface area (Å²) in [7, 11) is 1.38. The average Bonchev–Trinajstić information content (AvgIpc) is 2.78. The van der Waals surface area contributed by atoms with Gasteiger partial charge in [0.1, 0.15) is 12.4 Å². The summed E-state index contributed by atoms with van der Waals surface area (Å²) in [6.07, 6.45) is 0.457. The SMILES string of the molecule is COc1ccc(CCNC(=O)c2ccc(COc3ccccc3)cc2)cc1OC(F)F. The van der Waals surface area contributed by atoms with E-state index in [2.05, 4.69) is 10.1 Å². The van der Waals surface area contributed by atoms with Gasteiger partial charge in [0, 0.05) is 12.1 Å². The lowest BCUT2D eigenvalue weighted by Crippen LogP contribution is -2.25. The van der Waals surface area contributed by atoms with Crippen LogP contribution in [0, 0.1) is 0 Å². The van der Waals surface area contributed by atoms with Crippen LogP contribution in [-0.2, 0) is 13.0 Å². The van der Waals surface area contributed by atoms with E-state index in [4.69, 9.17) is 9.47 Å². The molecule has 0 unspecified atom stereocenters. The second kappa shape index (κ2) is 11.0. The van der Waals surface area contributed by atoms with Gasteiger partial charge in [0.2, 0.25) is 0 Å². The monoisotopic (exact) mass is 427 g/mol. The molecule has 0 fully saturated rings. The van der Waals surface area contributed by atoms with E-state index in [0.29, 0.717) is 25.1 Å². The number of methoxy groups -OCH3 is 1. The third-order valence-electron chi connectivity index (χ3n) is 4.51. The topological polar surface area (TPSA) is 56.8 Å². The summed E-state index contributed by atoms with van der Waals surface area (Å²) in [4.78, 5) is 12.4. The predicted octanol–water partition coefficient (Wildman–Crippen LogP) is 4.85. The van der Waals surface area contributed by atoms with Gasteiger partial charge in [-0.3, -0.25) is 4.79 Å². The molecule has 0 bridgehead atoms. The van der Waals surface area contributed by atoms with Crippen molar-refractivity contribution in [3.05, 3.63) is 89.5 Å². The molecule has 3 rings (SSSR count). The molecule has 31 heavy (non-hydrogen) atoms. The van der Waals surface area contributed by atoms with Gasteiger partial charge in [-0.15, -0.1) is 0 Å². The molecule has 0 atom stereocenters. The number of carbonyl (C=O) groups is 1. The van der Waals surface area contributed by atoms with E-state index >= 15 is 0 Å². The van der Waals surface area contributed by atoms with Crippen molar-refractivity contribution in [2.24, 2.45) is 0 Å². The summed E-state index contributed by atoms with van der Waals surface area (Å²) in [6.45, 7) is -2.19. The molecule has 7 heteroatoms. The zero-order valence-electron chi connectivity index (χ0n) is 17.0. The first kappa shape index (κ1) is 22.1. The number of amides is 1. The highest BCUT2D eigenvalue weighted by molar-refractivity contribution is 5.94. The molecule has 1 N–H and O–H groups in total. The smallest absolute Gasteiger partial charge is 0.387 e. The van der Waals surface area contributed by atoms with Crippen molar-refractivity contribution in [1.29, 1.82) is 0 Å². The number of hydrogen-bond acceptors (Lipinski definition) is 4. The maximum atomic E-state index is 12.5. The Morgan fingerprint density at radius 1 is 0.935 bits per heavy atom. The van der Waals surface area contributed by atoms with E-state index in [-0.39, 0.29) is 17.4 Å². The van der Waals surface area contributed by atoms with Gasteiger partial charge in [-0.05, 0) is 53.9 Å². The maximum absolute atomic E-state index is 12.5. The number of hydrogen-bond donors (Lipinski definition) is 1. The van der Waals surface area contributed by atoms with Gasteiger partial charge in [0.15, 0.2) is 11.5 Å². The molecule has 0 saturated carbocycles. The molecule has 0 spiro atoms. The highest BCUT2D eigenvalue weighted by atomic mass is 19.3. The second-order valence-electron chi connectivity index (χ2n) is 6.67. The van der Waals surface area contributed by atoms with Crippen LogP contribution in [0.3, 0.4) is 0 Å². The summed E-state index contributed by atoms with van der Waals surface area (Å²) in [5.41, 5.74) is 2.22. The summed E-state index contributed by atoms with van der Waals surface area (Å²) >= 11 is 0. The number of alkyl halides is 2. The number of halogens is 2. The Labute approximate surface area is 179 Å². The quantitative estimate of drug-likeness (QED) is 0.503. The number of rotatable bonds is 10. The molecule has 1 amide bonds. The highest BCUT2D eigenvalue weighted by Gasteiger charge is 2.12. The van der Waals surface area contributed by atoms with Gasteiger partial charge in [-0.2, -0.15) is 8.78 Å². The molecule has 0 saturated heterocycles. The Bertz CT molecular complexity index is 979. The van der Waals surface area contributed by atoms with Crippen LogP contribution < -0.4 is 19.5 Å². The van der Waals surface area contributed by atoms with Crippen LogP contribution in [0.4, 0.5) is 8.78 Å². The molecule has 0 radical (unpaired) electrons. The third-order valence-corrected chi connectivity index (χ3v) is 4.51. The zero-order chi connectivity index (χ0) is 22.1. The summed E-state index contributed by atoms with van der Waals surface area (Å²) in [6, 6.07) is 21.4. The van der Waals surface area contributed by atoms with Gasteiger partial charge in [-0.25, -0.2) is 0 Å². The number of para-hydroxylation sites is 1. The van der Waals surface area contributed by atoms with E-state index in [0.717, 1.165) is 16.9 Å². The van der Waals surface area contributed by atoms with Crippen molar-refractivity contribution in [3.63, 3.8) is 0 Å². The van der Waals surface area contributed by atoms with Crippen LogP contribution in [0.2, 0.25) is 0 Å². The molecular formula is C24H23F2NO4. The lowest BCUT2D eigenvalue weighted by atomic mass is 10.1. The number of ether oxygens (including phenoxy) is 3. The largest absolute Gasteiger partial charge is 0.493 e. The zero-order valence-corrected chi connectivity index (χ0v) is 17.0. The molecule has 162 valence electrons. The lowest BCUT2D eigenvalue weighted by molar-refractivity contribution is -0.0512. The number of nitrogens with one attached hydrogen (secondary N) is 1. The van der Waals surface area contributed by atoms with Crippen LogP contribution in [-0.4, -0.2) is 26.2 Å². The lowest BCUT2D eigenvalue weighted by Gasteiger charge is -2.12. The van der Waals surface area contributed by atoms with E-state index < -0.39 is 6.61 Å². The Morgan fingerprint density at radius 2 is 1.65 bits per heavy atom. The van der Waals surface area contributed by atoms with Crippen molar-refractivity contribution in [3.8, 4) is 17.2 Å². The Balaban J connectivity index is 1.49. The van der Waals surface area contributed by atoms with E-state index in [1.165, 1.54) is 13.2 Å². The van der Waals surface area contributed by atoms with Crippen LogP contribution >= 0.6 is 0 Å². The fourth-order valence-corrected chi connectivity index (χ4v) is 2.92. The predicted molar refractivity (Wildman–Crippen MR) is 113 cm³/mol. The van der Waals surface area contributed by atoms with Gasteiger partial charge in [0.25, 0.3) is 5.91 Å². The normalized spacial score (nSPS) is 10.6. The fourth-order valence-electron chi connectivity index (χ4n) is 2.92. The average molecular weight is 427 g/mol.